The van der Waals surface area contributed by atoms with Gasteiger partial charge in [-0.15, -0.1) is 0 Å². The largest absolute Gasteiger partial charge is 0.358 e. The van der Waals surface area contributed by atoms with E-state index in [0.29, 0.717) is 11.6 Å². The maximum Gasteiger partial charge on any atom is 0.344 e. The van der Waals surface area contributed by atoms with Crippen molar-refractivity contribution in [3.63, 3.8) is 0 Å². The van der Waals surface area contributed by atoms with Crippen molar-refractivity contribution in [3.8, 4) is 0 Å². The monoisotopic (exact) mass is 355 g/mol. The molecule has 0 N–H and O–H groups in total. The summed E-state index contributed by atoms with van der Waals surface area (Å²) in [5, 5.41) is 5.04. The van der Waals surface area contributed by atoms with E-state index in [4.69, 9.17) is 25.6 Å². The van der Waals surface area contributed by atoms with Gasteiger partial charge in [0.2, 0.25) is 0 Å². The lowest BCUT2D eigenvalue weighted by atomic mass is 9.92. The van der Waals surface area contributed by atoms with Crippen LogP contribution in [-0.4, -0.2) is 26.6 Å². The van der Waals surface area contributed by atoms with E-state index in [-0.39, 0.29) is 5.92 Å². The first-order chi connectivity index (χ1) is 10.8. The molecule has 6 heteroatoms. The summed E-state index contributed by atoms with van der Waals surface area (Å²) in [6.07, 6.45) is 1.64. The zero-order chi connectivity index (χ0) is 17.1. The van der Waals surface area contributed by atoms with Crippen LogP contribution in [0.4, 0.5) is 0 Å². The molecule has 0 bridgehead atoms. The van der Waals surface area contributed by atoms with Crippen molar-refractivity contribution in [2.45, 2.75) is 52.3 Å². The summed E-state index contributed by atoms with van der Waals surface area (Å²) >= 11 is 5.96. The van der Waals surface area contributed by atoms with Crippen LogP contribution in [0.3, 0.4) is 0 Å². The molecule has 23 heavy (non-hydrogen) atoms. The van der Waals surface area contributed by atoms with Crippen molar-refractivity contribution in [2.75, 3.05) is 6.61 Å². The van der Waals surface area contributed by atoms with Gasteiger partial charge < -0.3 is 14.0 Å². The minimum atomic E-state index is -1.86. The van der Waals surface area contributed by atoms with Crippen LogP contribution >= 0.6 is 11.6 Å². The highest BCUT2D eigenvalue weighted by molar-refractivity contribution is 6.69. The number of halogens is 1. The predicted molar refractivity (Wildman–Crippen MR) is 96.3 cm³/mol. The Morgan fingerprint density at radius 3 is 2.43 bits per heavy atom. The first-order valence-corrected chi connectivity index (χ1v) is 11.9. The summed E-state index contributed by atoms with van der Waals surface area (Å²) in [4.78, 5) is 5.83. The van der Waals surface area contributed by atoms with Gasteiger partial charge in [0.15, 0.2) is 8.32 Å². The molecule has 0 spiro atoms. The summed E-state index contributed by atoms with van der Waals surface area (Å²) in [5.41, 5.74) is 1.92. The average molecular weight is 356 g/mol. The Morgan fingerprint density at radius 1 is 1.26 bits per heavy atom. The lowest BCUT2D eigenvalue weighted by Crippen LogP contribution is -2.53. The molecule has 1 aliphatic rings. The van der Waals surface area contributed by atoms with Crippen molar-refractivity contribution >= 4 is 25.6 Å². The number of hydrogen-bond acceptors (Lipinski definition) is 4. The van der Waals surface area contributed by atoms with Crippen LogP contribution in [0.5, 0.6) is 0 Å². The average Bonchev–Trinajstić information content (AvgIpc) is 2.47. The number of benzene rings is 1. The van der Waals surface area contributed by atoms with Crippen LogP contribution in [-0.2, 0) is 14.0 Å². The Bertz CT molecular complexity index is 556. The van der Waals surface area contributed by atoms with Gasteiger partial charge in [-0.25, -0.2) is 0 Å². The van der Waals surface area contributed by atoms with Gasteiger partial charge in [-0.05, 0) is 50.7 Å². The fourth-order valence-electron chi connectivity index (χ4n) is 2.70. The second kappa shape index (κ2) is 7.34. The van der Waals surface area contributed by atoms with Crippen LogP contribution in [0, 0.1) is 5.92 Å². The maximum atomic E-state index is 6.28. The summed E-state index contributed by atoms with van der Waals surface area (Å²) in [7, 11) is -1.86. The molecule has 1 aliphatic heterocycles. The molecule has 2 unspecified atom stereocenters. The van der Waals surface area contributed by atoms with Gasteiger partial charge >= 0.3 is 5.97 Å². The lowest BCUT2D eigenvalue weighted by Gasteiger charge is -2.43. The third-order valence-corrected chi connectivity index (χ3v) is 4.84. The molecule has 128 valence electrons. The van der Waals surface area contributed by atoms with E-state index in [1.54, 1.807) is 0 Å². The van der Waals surface area contributed by atoms with E-state index in [1.807, 2.05) is 31.2 Å². The summed E-state index contributed by atoms with van der Waals surface area (Å²) in [5.74, 6) is -0.971. The number of rotatable bonds is 6. The van der Waals surface area contributed by atoms with Crippen LogP contribution < -0.4 is 0 Å². The Hall–Kier alpha value is -0.883. The van der Waals surface area contributed by atoms with Crippen LogP contribution in [0.2, 0.25) is 24.7 Å². The Morgan fingerprint density at radius 2 is 1.91 bits per heavy atom. The van der Waals surface area contributed by atoms with E-state index in [2.05, 4.69) is 31.7 Å². The molecular weight excluding hydrogens is 330 g/mol. The Balaban J connectivity index is 2.31. The van der Waals surface area contributed by atoms with Crippen molar-refractivity contribution in [3.05, 3.63) is 34.9 Å². The van der Waals surface area contributed by atoms with E-state index in [1.165, 1.54) is 0 Å². The van der Waals surface area contributed by atoms with E-state index >= 15 is 0 Å². The molecule has 0 saturated heterocycles. The van der Waals surface area contributed by atoms with Crippen LogP contribution in [0.25, 0.3) is 0 Å². The van der Waals surface area contributed by atoms with Crippen LogP contribution in [0.1, 0.15) is 32.3 Å². The van der Waals surface area contributed by atoms with Crippen molar-refractivity contribution in [2.24, 2.45) is 11.1 Å². The van der Waals surface area contributed by atoms with Crippen molar-refractivity contribution in [1.82, 2.24) is 0 Å². The number of oxime groups is 1. The predicted octanol–water partition coefficient (Wildman–Crippen LogP) is 5.03. The minimum absolute atomic E-state index is 0.0948. The lowest BCUT2D eigenvalue weighted by molar-refractivity contribution is -0.378. The van der Waals surface area contributed by atoms with Gasteiger partial charge in [-0.3, -0.25) is 0 Å². The Kier molecular flexibility index (Phi) is 5.89. The molecule has 2 atom stereocenters. The third-order valence-electron chi connectivity index (χ3n) is 3.69. The minimum Gasteiger partial charge on any atom is -0.358 e. The number of nitrogens with zero attached hydrogens (tertiary/aromatic N) is 1. The summed E-state index contributed by atoms with van der Waals surface area (Å²) in [6, 6.07) is 7.65. The quantitative estimate of drug-likeness (QED) is 0.530. The van der Waals surface area contributed by atoms with Crippen LogP contribution in [0.15, 0.2) is 29.4 Å². The standard InChI is InChI=1S/C17H26ClNO3Si/c1-6-14-12-16(13-8-10-15(18)11-9-13)19-21-17(14,20-7-2)22-23(3,4)5/h8-11,14H,6-7,12H2,1-5H3. The molecule has 1 aromatic rings. The number of ether oxygens (including phenoxy) is 1. The summed E-state index contributed by atoms with van der Waals surface area (Å²) in [6.45, 7) is 11.0. The van der Waals surface area contributed by atoms with Gasteiger partial charge in [-0.2, -0.15) is 0 Å². The highest BCUT2D eigenvalue weighted by Gasteiger charge is 2.49. The van der Waals surface area contributed by atoms with Gasteiger partial charge in [0.25, 0.3) is 0 Å². The van der Waals surface area contributed by atoms with Gasteiger partial charge in [0.05, 0.1) is 18.2 Å². The highest BCUT2D eigenvalue weighted by Crippen LogP contribution is 2.38. The second-order valence-corrected chi connectivity index (χ2v) is 11.6. The topological polar surface area (TPSA) is 40.0 Å². The van der Waals surface area contributed by atoms with Crippen molar-refractivity contribution < 1.29 is 14.0 Å². The fraction of sp³-hybridized carbons (Fsp3) is 0.588. The molecule has 1 heterocycles. The first kappa shape index (κ1) is 18.5. The molecular formula is C17H26ClNO3Si. The zero-order valence-electron chi connectivity index (χ0n) is 14.6. The molecule has 0 aromatic heterocycles. The first-order valence-electron chi connectivity index (χ1n) is 8.14. The highest BCUT2D eigenvalue weighted by atomic mass is 35.5. The van der Waals surface area contributed by atoms with E-state index in [9.17, 15) is 0 Å². The smallest absolute Gasteiger partial charge is 0.344 e. The molecule has 0 saturated carbocycles. The zero-order valence-corrected chi connectivity index (χ0v) is 16.3. The fourth-order valence-corrected chi connectivity index (χ4v) is 3.94. The normalized spacial score (nSPS) is 25.0. The number of hydrogen-bond donors (Lipinski definition) is 0. The third kappa shape index (κ3) is 4.56. The van der Waals surface area contributed by atoms with E-state index < -0.39 is 14.3 Å². The van der Waals surface area contributed by atoms with E-state index in [0.717, 1.165) is 24.1 Å². The summed E-state index contributed by atoms with van der Waals surface area (Å²) < 4.78 is 12.2. The maximum absolute atomic E-state index is 6.28. The molecule has 2 rings (SSSR count). The Labute approximate surface area is 144 Å². The van der Waals surface area contributed by atoms with Gasteiger partial charge in [0, 0.05) is 11.4 Å². The molecule has 0 amide bonds. The molecule has 4 nitrogen and oxygen atoms in total. The molecule has 0 aliphatic carbocycles. The second-order valence-electron chi connectivity index (χ2n) is 6.70. The van der Waals surface area contributed by atoms with Gasteiger partial charge in [-0.1, -0.05) is 35.8 Å². The molecule has 1 aromatic carbocycles. The SMILES string of the molecule is CCOC1(O[Si](C)(C)C)ON=C(c2ccc(Cl)cc2)CC1CC. The molecule has 0 radical (unpaired) electrons. The van der Waals surface area contributed by atoms with Crippen molar-refractivity contribution in [1.29, 1.82) is 0 Å². The van der Waals surface area contributed by atoms with Gasteiger partial charge in [0.1, 0.15) is 0 Å². The molecule has 0 fully saturated rings.